The molecule has 0 fully saturated rings. The molecular formula is C60H106O6. The predicted octanol–water partition coefficient (Wildman–Crippen LogP) is 18.8. The fourth-order valence-corrected chi connectivity index (χ4v) is 8.04. The SMILES string of the molecule is CC/C=C\C/C=C\C/C=C\CCCCCCCCCCCC(=O)OCC(COC(=O)CCCCCCCCCCCC)OC(=O)CCCCCCCCCCCC/C=C\C=C/CCCCC. The van der Waals surface area contributed by atoms with Crippen LogP contribution in [0.15, 0.2) is 60.8 Å². The fourth-order valence-electron chi connectivity index (χ4n) is 8.04. The van der Waals surface area contributed by atoms with Crippen molar-refractivity contribution in [3.63, 3.8) is 0 Å². The van der Waals surface area contributed by atoms with E-state index in [0.717, 1.165) is 77.0 Å². The lowest BCUT2D eigenvalue weighted by atomic mass is 10.1. The molecule has 1 atom stereocenters. The summed E-state index contributed by atoms with van der Waals surface area (Å²) in [6.07, 6.45) is 67.8. The van der Waals surface area contributed by atoms with Gasteiger partial charge in [0.05, 0.1) is 0 Å². The first-order valence-electron chi connectivity index (χ1n) is 28.3. The van der Waals surface area contributed by atoms with Crippen LogP contribution < -0.4 is 0 Å². The first-order chi connectivity index (χ1) is 32.5. The zero-order valence-corrected chi connectivity index (χ0v) is 43.7. The Hall–Kier alpha value is -2.89. The summed E-state index contributed by atoms with van der Waals surface area (Å²) < 4.78 is 16.8. The third-order valence-electron chi connectivity index (χ3n) is 12.3. The highest BCUT2D eigenvalue weighted by atomic mass is 16.6. The fraction of sp³-hybridized carbons (Fsp3) is 0.783. The zero-order valence-electron chi connectivity index (χ0n) is 43.7. The quantitative estimate of drug-likeness (QED) is 0.0199. The molecule has 0 saturated carbocycles. The van der Waals surface area contributed by atoms with Crippen LogP contribution in [0, 0.1) is 0 Å². The van der Waals surface area contributed by atoms with Crippen molar-refractivity contribution < 1.29 is 28.6 Å². The molecule has 66 heavy (non-hydrogen) atoms. The van der Waals surface area contributed by atoms with Gasteiger partial charge in [0.1, 0.15) is 13.2 Å². The summed E-state index contributed by atoms with van der Waals surface area (Å²) in [6, 6.07) is 0. The van der Waals surface area contributed by atoms with E-state index in [9.17, 15) is 14.4 Å². The van der Waals surface area contributed by atoms with E-state index in [0.29, 0.717) is 19.3 Å². The third kappa shape index (κ3) is 52.1. The summed E-state index contributed by atoms with van der Waals surface area (Å²) >= 11 is 0. The number of allylic oxidation sites excluding steroid dienone is 10. The molecule has 0 rings (SSSR count). The Labute approximate surface area is 409 Å². The molecule has 0 aliphatic carbocycles. The van der Waals surface area contributed by atoms with Gasteiger partial charge in [-0.15, -0.1) is 0 Å². The second-order valence-corrected chi connectivity index (χ2v) is 18.9. The van der Waals surface area contributed by atoms with Crippen LogP contribution in [0.5, 0.6) is 0 Å². The number of ether oxygens (including phenoxy) is 3. The highest BCUT2D eigenvalue weighted by Gasteiger charge is 2.19. The molecule has 0 bridgehead atoms. The number of carbonyl (C=O) groups is 3. The maximum atomic E-state index is 12.8. The molecule has 382 valence electrons. The number of rotatable bonds is 51. The Morgan fingerprint density at radius 2 is 0.636 bits per heavy atom. The van der Waals surface area contributed by atoms with E-state index < -0.39 is 6.10 Å². The molecule has 0 aromatic carbocycles. The van der Waals surface area contributed by atoms with Crippen LogP contribution in [0.25, 0.3) is 0 Å². The molecule has 0 saturated heterocycles. The van der Waals surface area contributed by atoms with E-state index in [1.807, 2.05) is 0 Å². The highest BCUT2D eigenvalue weighted by molar-refractivity contribution is 5.71. The van der Waals surface area contributed by atoms with E-state index in [1.54, 1.807) is 0 Å². The molecular weight excluding hydrogens is 817 g/mol. The molecule has 6 heteroatoms. The van der Waals surface area contributed by atoms with E-state index in [-0.39, 0.29) is 31.1 Å². The van der Waals surface area contributed by atoms with Gasteiger partial charge in [-0.3, -0.25) is 14.4 Å². The van der Waals surface area contributed by atoms with Gasteiger partial charge in [-0.2, -0.15) is 0 Å². The largest absolute Gasteiger partial charge is 0.462 e. The molecule has 1 unspecified atom stereocenters. The normalized spacial score (nSPS) is 12.5. The second kappa shape index (κ2) is 54.7. The summed E-state index contributed by atoms with van der Waals surface area (Å²) in [5.41, 5.74) is 0. The predicted molar refractivity (Wildman–Crippen MR) is 284 cm³/mol. The van der Waals surface area contributed by atoms with Gasteiger partial charge in [0.15, 0.2) is 6.10 Å². The van der Waals surface area contributed by atoms with Crippen molar-refractivity contribution in [3.05, 3.63) is 60.8 Å². The van der Waals surface area contributed by atoms with E-state index >= 15 is 0 Å². The van der Waals surface area contributed by atoms with Gasteiger partial charge in [0, 0.05) is 19.3 Å². The molecule has 0 aliphatic rings. The van der Waals surface area contributed by atoms with Gasteiger partial charge in [0.25, 0.3) is 0 Å². The zero-order chi connectivity index (χ0) is 47.9. The van der Waals surface area contributed by atoms with Gasteiger partial charge in [0.2, 0.25) is 0 Å². The minimum absolute atomic E-state index is 0.0748. The molecule has 0 radical (unpaired) electrons. The molecule has 0 amide bonds. The van der Waals surface area contributed by atoms with Gasteiger partial charge >= 0.3 is 17.9 Å². The van der Waals surface area contributed by atoms with Crippen molar-refractivity contribution in [2.75, 3.05) is 13.2 Å². The second-order valence-electron chi connectivity index (χ2n) is 18.9. The van der Waals surface area contributed by atoms with Crippen LogP contribution in [0.1, 0.15) is 284 Å². The van der Waals surface area contributed by atoms with Crippen molar-refractivity contribution in [1.82, 2.24) is 0 Å². The Bertz CT molecular complexity index is 1200. The van der Waals surface area contributed by atoms with Crippen molar-refractivity contribution in [3.8, 4) is 0 Å². The number of esters is 3. The summed E-state index contributed by atoms with van der Waals surface area (Å²) in [5.74, 6) is -0.875. The monoisotopic (exact) mass is 923 g/mol. The molecule has 0 heterocycles. The summed E-state index contributed by atoms with van der Waals surface area (Å²) in [7, 11) is 0. The van der Waals surface area contributed by atoms with Crippen molar-refractivity contribution >= 4 is 17.9 Å². The van der Waals surface area contributed by atoms with Crippen molar-refractivity contribution in [2.24, 2.45) is 0 Å². The lowest BCUT2D eigenvalue weighted by Crippen LogP contribution is -2.30. The van der Waals surface area contributed by atoms with Crippen LogP contribution in [0.3, 0.4) is 0 Å². The smallest absolute Gasteiger partial charge is 0.306 e. The van der Waals surface area contributed by atoms with Crippen LogP contribution in [0.4, 0.5) is 0 Å². The Balaban J connectivity index is 4.30. The third-order valence-corrected chi connectivity index (χ3v) is 12.3. The Kier molecular flexibility index (Phi) is 52.3. The highest BCUT2D eigenvalue weighted by Crippen LogP contribution is 2.16. The van der Waals surface area contributed by atoms with E-state index in [1.165, 1.54) is 167 Å². The molecule has 0 spiro atoms. The van der Waals surface area contributed by atoms with Gasteiger partial charge < -0.3 is 14.2 Å². The Morgan fingerprint density at radius 3 is 1.05 bits per heavy atom. The van der Waals surface area contributed by atoms with E-state index in [2.05, 4.69) is 81.5 Å². The van der Waals surface area contributed by atoms with Crippen molar-refractivity contribution in [1.29, 1.82) is 0 Å². The maximum Gasteiger partial charge on any atom is 0.306 e. The minimum atomic E-state index is -0.776. The maximum absolute atomic E-state index is 12.8. The molecule has 0 aliphatic heterocycles. The van der Waals surface area contributed by atoms with Gasteiger partial charge in [-0.25, -0.2) is 0 Å². The summed E-state index contributed by atoms with van der Waals surface area (Å²) in [4.78, 5) is 38.1. The summed E-state index contributed by atoms with van der Waals surface area (Å²) in [6.45, 7) is 6.51. The van der Waals surface area contributed by atoms with E-state index in [4.69, 9.17) is 14.2 Å². The molecule has 6 nitrogen and oxygen atoms in total. The van der Waals surface area contributed by atoms with Crippen LogP contribution in [-0.4, -0.2) is 37.2 Å². The van der Waals surface area contributed by atoms with Crippen LogP contribution >= 0.6 is 0 Å². The van der Waals surface area contributed by atoms with Gasteiger partial charge in [-0.1, -0.05) is 248 Å². The first kappa shape index (κ1) is 63.1. The summed E-state index contributed by atoms with van der Waals surface area (Å²) in [5, 5.41) is 0. The minimum Gasteiger partial charge on any atom is -0.462 e. The number of carbonyl (C=O) groups excluding carboxylic acids is 3. The lowest BCUT2D eigenvalue weighted by molar-refractivity contribution is -0.167. The van der Waals surface area contributed by atoms with Crippen LogP contribution in [0.2, 0.25) is 0 Å². The average Bonchev–Trinajstić information content (AvgIpc) is 3.31. The molecule has 0 aromatic rings. The number of hydrogen-bond acceptors (Lipinski definition) is 6. The van der Waals surface area contributed by atoms with Crippen molar-refractivity contribution in [2.45, 2.75) is 290 Å². The first-order valence-corrected chi connectivity index (χ1v) is 28.3. The molecule has 0 aromatic heterocycles. The lowest BCUT2D eigenvalue weighted by Gasteiger charge is -2.18. The van der Waals surface area contributed by atoms with Gasteiger partial charge in [-0.05, 0) is 77.0 Å². The average molecular weight is 924 g/mol. The standard InChI is InChI=1S/C60H106O6/c1-4-7-10-13-16-19-22-24-26-28-30-32-34-36-38-41-44-47-50-53-59(62)65-56-57(55-64-58(61)52-49-46-43-40-21-18-15-12-9-6-3)66-60(63)54-51-48-45-42-39-37-35-33-31-29-27-25-23-20-17-14-11-8-5-2/h7,10,16-17,19-20,23-26,57H,4-6,8-9,11-15,18,21-22,27-56H2,1-3H3/b10-7-,19-16-,20-17-,25-23-,26-24-. The number of hydrogen-bond donors (Lipinski definition) is 0. The van der Waals surface area contributed by atoms with Crippen LogP contribution in [-0.2, 0) is 28.6 Å². The topological polar surface area (TPSA) is 78.9 Å². The molecule has 0 N–H and O–H groups in total. The number of unbranched alkanes of at least 4 members (excludes halogenated alkanes) is 31. The Morgan fingerprint density at radius 1 is 0.333 bits per heavy atom.